The van der Waals surface area contributed by atoms with Gasteiger partial charge >= 0.3 is 0 Å². The zero-order valence-corrected chi connectivity index (χ0v) is 13.2. The quantitative estimate of drug-likeness (QED) is 0.912. The SMILES string of the molecule is O=C(NC1CCN(c2cc(C3CC3)[nH]n2)CC1)c1ccsc1. The molecule has 2 aliphatic rings. The van der Waals surface area contributed by atoms with Gasteiger partial charge in [0.15, 0.2) is 5.82 Å². The Morgan fingerprint density at radius 2 is 2.14 bits per heavy atom. The van der Waals surface area contributed by atoms with Crippen molar-refractivity contribution in [3.05, 3.63) is 34.2 Å². The molecule has 2 N–H and O–H groups in total. The van der Waals surface area contributed by atoms with Crippen LogP contribution in [0.4, 0.5) is 5.82 Å². The number of H-pyrrole nitrogens is 1. The van der Waals surface area contributed by atoms with E-state index >= 15 is 0 Å². The van der Waals surface area contributed by atoms with Crippen molar-refractivity contribution in [2.45, 2.75) is 37.6 Å². The second-order valence-electron chi connectivity index (χ2n) is 6.20. The molecule has 1 amide bonds. The fourth-order valence-corrected chi connectivity index (χ4v) is 3.64. The standard InChI is InChI=1S/C16H20N4OS/c21-16(12-5-8-22-10-12)17-13-3-6-20(7-4-13)15-9-14(18-19-15)11-1-2-11/h5,8-11,13H,1-4,6-7H2,(H,17,21)(H,18,19). The fourth-order valence-electron chi connectivity index (χ4n) is 3.01. The first kappa shape index (κ1) is 13.8. The number of nitrogens with zero attached hydrogens (tertiary/aromatic N) is 2. The maximum atomic E-state index is 12.1. The third kappa shape index (κ3) is 2.88. The number of carbonyl (C=O) groups is 1. The van der Waals surface area contributed by atoms with Gasteiger partial charge in [0.05, 0.1) is 0 Å². The molecule has 6 heteroatoms. The maximum Gasteiger partial charge on any atom is 0.252 e. The zero-order chi connectivity index (χ0) is 14.9. The number of hydrogen-bond acceptors (Lipinski definition) is 4. The van der Waals surface area contributed by atoms with Gasteiger partial charge in [0.25, 0.3) is 5.91 Å². The second kappa shape index (κ2) is 5.76. The van der Waals surface area contributed by atoms with E-state index in [-0.39, 0.29) is 11.9 Å². The second-order valence-corrected chi connectivity index (χ2v) is 6.98. The molecule has 1 aliphatic carbocycles. The summed E-state index contributed by atoms with van der Waals surface area (Å²) in [6, 6.07) is 4.34. The lowest BCUT2D eigenvalue weighted by Gasteiger charge is -2.32. The Bertz CT molecular complexity index is 639. The lowest BCUT2D eigenvalue weighted by molar-refractivity contribution is 0.0931. The van der Waals surface area contributed by atoms with Gasteiger partial charge in [0.2, 0.25) is 0 Å². The number of amides is 1. The molecule has 0 aromatic carbocycles. The highest BCUT2D eigenvalue weighted by Crippen LogP contribution is 2.40. The van der Waals surface area contributed by atoms with Crippen molar-refractivity contribution in [3.8, 4) is 0 Å². The van der Waals surface area contributed by atoms with Crippen LogP contribution in [0.3, 0.4) is 0 Å². The van der Waals surface area contributed by atoms with Crippen molar-refractivity contribution in [2.75, 3.05) is 18.0 Å². The van der Waals surface area contributed by atoms with Gasteiger partial charge < -0.3 is 10.2 Å². The third-order valence-electron chi connectivity index (χ3n) is 4.54. The monoisotopic (exact) mass is 316 g/mol. The van der Waals surface area contributed by atoms with E-state index in [1.807, 2.05) is 16.8 Å². The average molecular weight is 316 g/mol. The molecular formula is C16H20N4OS. The van der Waals surface area contributed by atoms with E-state index in [2.05, 4.69) is 26.5 Å². The van der Waals surface area contributed by atoms with E-state index in [9.17, 15) is 4.79 Å². The lowest BCUT2D eigenvalue weighted by atomic mass is 10.0. The molecule has 0 atom stereocenters. The molecule has 3 heterocycles. The molecule has 1 saturated heterocycles. The number of piperidine rings is 1. The Morgan fingerprint density at radius 1 is 1.32 bits per heavy atom. The minimum absolute atomic E-state index is 0.0514. The molecule has 0 bridgehead atoms. The largest absolute Gasteiger partial charge is 0.355 e. The topological polar surface area (TPSA) is 61.0 Å². The number of anilines is 1. The smallest absolute Gasteiger partial charge is 0.252 e. The molecule has 0 spiro atoms. The van der Waals surface area contributed by atoms with E-state index in [0.717, 1.165) is 37.3 Å². The first-order chi connectivity index (χ1) is 10.8. The van der Waals surface area contributed by atoms with Gasteiger partial charge in [-0.3, -0.25) is 9.89 Å². The van der Waals surface area contributed by atoms with Gasteiger partial charge in [0.1, 0.15) is 0 Å². The van der Waals surface area contributed by atoms with Crippen molar-refractivity contribution in [2.24, 2.45) is 0 Å². The summed E-state index contributed by atoms with van der Waals surface area (Å²) in [4.78, 5) is 14.4. The number of hydrogen-bond donors (Lipinski definition) is 2. The zero-order valence-electron chi connectivity index (χ0n) is 12.4. The van der Waals surface area contributed by atoms with Crippen LogP contribution in [0.25, 0.3) is 0 Å². The number of aromatic amines is 1. The Labute approximate surface area is 133 Å². The fraction of sp³-hybridized carbons (Fsp3) is 0.500. The van der Waals surface area contributed by atoms with Gasteiger partial charge in [0, 0.05) is 47.8 Å². The Kier molecular flexibility index (Phi) is 3.62. The van der Waals surface area contributed by atoms with Crippen molar-refractivity contribution < 1.29 is 4.79 Å². The summed E-state index contributed by atoms with van der Waals surface area (Å²) in [5.41, 5.74) is 2.05. The number of thiophene rings is 1. The van der Waals surface area contributed by atoms with Crippen molar-refractivity contribution in [1.29, 1.82) is 0 Å². The molecule has 1 aliphatic heterocycles. The molecule has 4 rings (SSSR count). The minimum atomic E-state index is 0.0514. The van der Waals surface area contributed by atoms with Crippen LogP contribution in [0.2, 0.25) is 0 Å². The minimum Gasteiger partial charge on any atom is -0.355 e. The van der Waals surface area contributed by atoms with Crippen molar-refractivity contribution >= 4 is 23.1 Å². The molecule has 22 heavy (non-hydrogen) atoms. The van der Waals surface area contributed by atoms with Crippen LogP contribution < -0.4 is 10.2 Å². The van der Waals surface area contributed by atoms with Gasteiger partial charge in [-0.25, -0.2) is 0 Å². The number of carbonyl (C=O) groups excluding carboxylic acids is 1. The molecule has 5 nitrogen and oxygen atoms in total. The summed E-state index contributed by atoms with van der Waals surface area (Å²) < 4.78 is 0. The van der Waals surface area contributed by atoms with Crippen LogP contribution in [-0.4, -0.2) is 35.2 Å². The van der Waals surface area contributed by atoms with Crippen LogP contribution in [0.1, 0.15) is 47.7 Å². The Hall–Kier alpha value is -1.82. The summed E-state index contributed by atoms with van der Waals surface area (Å²) in [6.45, 7) is 1.90. The summed E-state index contributed by atoms with van der Waals surface area (Å²) in [6.07, 6.45) is 4.53. The summed E-state index contributed by atoms with van der Waals surface area (Å²) in [7, 11) is 0. The highest BCUT2D eigenvalue weighted by molar-refractivity contribution is 7.08. The van der Waals surface area contributed by atoms with Gasteiger partial charge in [-0.2, -0.15) is 16.4 Å². The first-order valence-electron chi connectivity index (χ1n) is 7.93. The lowest BCUT2D eigenvalue weighted by Crippen LogP contribution is -2.44. The number of aromatic nitrogens is 2. The van der Waals surface area contributed by atoms with E-state index in [0.29, 0.717) is 5.92 Å². The number of rotatable bonds is 4. The summed E-state index contributed by atoms with van der Waals surface area (Å²) >= 11 is 1.56. The summed E-state index contributed by atoms with van der Waals surface area (Å²) in [5, 5.41) is 14.6. The van der Waals surface area contributed by atoms with Crippen LogP contribution in [-0.2, 0) is 0 Å². The highest BCUT2D eigenvalue weighted by atomic mass is 32.1. The maximum absolute atomic E-state index is 12.1. The molecule has 0 radical (unpaired) electrons. The Balaban J connectivity index is 1.31. The van der Waals surface area contributed by atoms with Crippen LogP contribution >= 0.6 is 11.3 Å². The highest BCUT2D eigenvalue weighted by Gasteiger charge is 2.27. The molecule has 0 unspecified atom stereocenters. The van der Waals surface area contributed by atoms with E-state index in [4.69, 9.17) is 0 Å². The van der Waals surface area contributed by atoms with Crippen molar-refractivity contribution in [1.82, 2.24) is 15.5 Å². The van der Waals surface area contributed by atoms with Crippen molar-refractivity contribution in [3.63, 3.8) is 0 Å². The van der Waals surface area contributed by atoms with E-state index < -0.39 is 0 Å². The molecule has 2 aromatic heterocycles. The molecular weight excluding hydrogens is 296 g/mol. The molecule has 116 valence electrons. The molecule has 1 saturated carbocycles. The normalized spacial score (nSPS) is 19.4. The molecule has 2 fully saturated rings. The average Bonchev–Trinajstić information content (AvgIpc) is 3.05. The third-order valence-corrected chi connectivity index (χ3v) is 5.22. The number of nitrogens with one attached hydrogen (secondary N) is 2. The predicted molar refractivity (Wildman–Crippen MR) is 87.6 cm³/mol. The van der Waals surface area contributed by atoms with Crippen LogP contribution in [0.5, 0.6) is 0 Å². The van der Waals surface area contributed by atoms with Crippen LogP contribution in [0.15, 0.2) is 22.9 Å². The van der Waals surface area contributed by atoms with Gasteiger partial charge in [-0.05, 0) is 37.1 Å². The first-order valence-corrected chi connectivity index (χ1v) is 8.87. The predicted octanol–water partition coefficient (Wildman–Crippen LogP) is 2.75. The molecule has 2 aromatic rings. The van der Waals surface area contributed by atoms with E-state index in [1.165, 1.54) is 18.5 Å². The summed E-state index contributed by atoms with van der Waals surface area (Å²) in [5.74, 6) is 1.82. The van der Waals surface area contributed by atoms with Gasteiger partial charge in [-0.15, -0.1) is 0 Å². The van der Waals surface area contributed by atoms with E-state index in [1.54, 1.807) is 11.3 Å². The Morgan fingerprint density at radius 3 is 2.82 bits per heavy atom. The van der Waals surface area contributed by atoms with Gasteiger partial charge in [-0.1, -0.05) is 0 Å². The van der Waals surface area contributed by atoms with Crippen LogP contribution in [0, 0.1) is 0 Å².